The average molecular weight is 400 g/mol. The minimum Gasteiger partial charge on any atom is -0.353 e. The molecular formula is C25H53NO2. The molecule has 0 saturated carbocycles. The van der Waals surface area contributed by atoms with E-state index in [0.29, 0.717) is 5.92 Å². The van der Waals surface area contributed by atoms with E-state index in [1.54, 1.807) is 14.2 Å². The Morgan fingerprint density at radius 3 is 1.57 bits per heavy atom. The minimum absolute atomic E-state index is 0.455. The Labute approximate surface area is 177 Å². The van der Waals surface area contributed by atoms with Gasteiger partial charge in [0.05, 0.1) is 0 Å². The van der Waals surface area contributed by atoms with Crippen LogP contribution in [-0.2, 0) is 9.47 Å². The Hall–Kier alpha value is -0.120. The van der Waals surface area contributed by atoms with Crippen molar-refractivity contribution in [1.29, 1.82) is 0 Å². The zero-order chi connectivity index (χ0) is 20.9. The number of nitrogens with one attached hydrogen (secondary N) is 1. The fourth-order valence-corrected chi connectivity index (χ4v) is 4.04. The predicted molar refractivity (Wildman–Crippen MR) is 124 cm³/mol. The van der Waals surface area contributed by atoms with Crippen LogP contribution in [0.2, 0.25) is 0 Å². The van der Waals surface area contributed by atoms with Crippen LogP contribution in [-0.4, -0.2) is 33.1 Å². The van der Waals surface area contributed by atoms with Gasteiger partial charge in [0.25, 0.3) is 0 Å². The number of unbranched alkanes of at least 4 members (excludes halogenated alkanes) is 12. The number of hydrogen-bond acceptors (Lipinski definition) is 3. The lowest BCUT2D eigenvalue weighted by Gasteiger charge is -2.35. The van der Waals surface area contributed by atoms with Crippen molar-refractivity contribution in [3.05, 3.63) is 0 Å². The summed E-state index contributed by atoms with van der Waals surface area (Å²) in [6.07, 6.45) is 21.5. The lowest BCUT2D eigenvalue weighted by Crippen LogP contribution is -2.40. The first kappa shape index (κ1) is 27.9. The van der Waals surface area contributed by atoms with Gasteiger partial charge < -0.3 is 14.8 Å². The molecule has 0 rings (SSSR count). The largest absolute Gasteiger partial charge is 0.353 e. The SMILES string of the molecule is CCCCCCCCCCNCCC(CCCCCCCC)C(C)(OC)OC. The van der Waals surface area contributed by atoms with Crippen LogP contribution in [0.5, 0.6) is 0 Å². The summed E-state index contributed by atoms with van der Waals surface area (Å²) in [7, 11) is 3.57. The number of rotatable bonds is 22. The summed E-state index contributed by atoms with van der Waals surface area (Å²) in [5.41, 5.74) is 0. The highest BCUT2D eigenvalue weighted by Gasteiger charge is 2.33. The Kier molecular flexibility index (Phi) is 20.1. The van der Waals surface area contributed by atoms with Gasteiger partial charge in [0, 0.05) is 20.1 Å². The molecule has 0 aliphatic heterocycles. The Morgan fingerprint density at radius 1 is 0.607 bits per heavy atom. The maximum absolute atomic E-state index is 5.75. The van der Waals surface area contributed by atoms with Gasteiger partial charge in [-0.05, 0) is 39.3 Å². The molecule has 170 valence electrons. The van der Waals surface area contributed by atoms with Crippen molar-refractivity contribution in [2.45, 2.75) is 129 Å². The van der Waals surface area contributed by atoms with Crippen LogP contribution < -0.4 is 5.32 Å². The topological polar surface area (TPSA) is 30.5 Å². The Balaban J connectivity index is 3.89. The van der Waals surface area contributed by atoms with Crippen LogP contribution in [0.4, 0.5) is 0 Å². The highest BCUT2D eigenvalue weighted by atomic mass is 16.7. The first-order chi connectivity index (χ1) is 13.6. The average Bonchev–Trinajstić information content (AvgIpc) is 2.72. The monoisotopic (exact) mass is 399 g/mol. The smallest absolute Gasteiger partial charge is 0.167 e. The molecule has 1 atom stereocenters. The van der Waals surface area contributed by atoms with E-state index in [1.165, 1.54) is 96.3 Å². The summed E-state index contributed by atoms with van der Waals surface area (Å²) in [6.45, 7) is 8.88. The molecule has 1 N–H and O–H groups in total. The normalized spacial score (nSPS) is 13.2. The quantitative estimate of drug-likeness (QED) is 0.151. The first-order valence-corrected chi connectivity index (χ1v) is 12.5. The second kappa shape index (κ2) is 20.2. The van der Waals surface area contributed by atoms with Gasteiger partial charge in [0.1, 0.15) is 0 Å². The highest BCUT2D eigenvalue weighted by molar-refractivity contribution is 4.76. The second-order valence-corrected chi connectivity index (χ2v) is 8.69. The van der Waals surface area contributed by atoms with Crippen molar-refractivity contribution in [2.24, 2.45) is 5.92 Å². The fraction of sp³-hybridized carbons (Fsp3) is 1.00. The van der Waals surface area contributed by atoms with Gasteiger partial charge in [0.2, 0.25) is 0 Å². The zero-order valence-electron chi connectivity index (χ0n) is 20.1. The van der Waals surface area contributed by atoms with Gasteiger partial charge in [-0.1, -0.05) is 97.3 Å². The summed E-state index contributed by atoms with van der Waals surface area (Å²) in [6, 6.07) is 0. The van der Waals surface area contributed by atoms with Crippen molar-refractivity contribution in [3.63, 3.8) is 0 Å². The Bertz CT molecular complexity index is 305. The molecule has 3 nitrogen and oxygen atoms in total. The van der Waals surface area contributed by atoms with Crippen molar-refractivity contribution < 1.29 is 9.47 Å². The summed E-state index contributed by atoms with van der Waals surface area (Å²) >= 11 is 0. The number of ether oxygens (including phenoxy) is 2. The summed E-state index contributed by atoms with van der Waals surface area (Å²) < 4.78 is 11.5. The van der Waals surface area contributed by atoms with Crippen LogP contribution in [0.25, 0.3) is 0 Å². The van der Waals surface area contributed by atoms with E-state index < -0.39 is 5.79 Å². The van der Waals surface area contributed by atoms with Gasteiger partial charge in [-0.2, -0.15) is 0 Å². The molecular weight excluding hydrogens is 346 g/mol. The molecule has 0 aromatic carbocycles. The molecule has 0 radical (unpaired) electrons. The van der Waals surface area contributed by atoms with Gasteiger partial charge in [0.15, 0.2) is 5.79 Å². The summed E-state index contributed by atoms with van der Waals surface area (Å²) in [5.74, 6) is 0.00332. The number of hydrogen-bond donors (Lipinski definition) is 1. The van der Waals surface area contributed by atoms with Crippen LogP contribution >= 0.6 is 0 Å². The van der Waals surface area contributed by atoms with E-state index in [2.05, 4.69) is 26.1 Å². The molecule has 1 unspecified atom stereocenters. The molecule has 28 heavy (non-hydrogen) atoms. The van der Waals surface area contributed by atoms with Crippen LogP contribution in [0.15, 0.2) is 0 Å². The summed E-state index contributed by atoms with van der Waals surface area (Å²) in [5, 5.41) is 3.65. The predicted octanol–water partition coefficient (Wildman–Crippen LogP) is 7.48. The zero-order valence-corrected chi connectivity index (χ0v) is 20.1. The van der Waals surface area contributed by atoms with E-state index >= 15 is 0 Å². The van der Waals surface area contributed by atoms with Gasteiger partial charge >= 0.3 is 0 Å². The van der Waals surface area contributed by atoms with Gasteiger partial charge in [-0.3, -0.25) is 0 Å². The van der Waals surface area contributed by atoms with Crippen molar-refractivity contribution in [1.82, 2.24) is 5.32 Å². The van der Waals surface area contributed by atoms with E-state index in [0.717, 1.165) is 19.5 Å². The van der Waals surface area contributed by atoms with E-state index in [1.807, 2.05) is 0 Å². The minimum atomic E-state index is -0.455. The van der Waals surface area contributed by atoms with Crippen molar-refractivity contribution >= 4 is 0 Å². The molecule has 3 heteroatoms. The highest BCUT2D eigenvalue weighted by Crippen LogP contribution is 2.30. The molecule has 0 heterocycles. The molecule has 0 bridgehead atoms. The Morgan fingerprint density at radius 2 is 1.07 bits per heavy atom. The maximum Gasteiger partial charge on any atom is 0.167 e. The molecule has 0 saturated heterocycles. The van der Waals surface area contributed by atoms with Gasteiger partial charge in [-0.25, -0.2) is 0 Å². The van der Waals surface area contributed by atoms with E-state index in [4.69, 9.17) is 9.47 Å². The molecule has 0 aromatic rings. The molecule has 0 aromatic heterocycles. The molecule has 0 amide bonds. The van der Waals surface area contributed by atoms with Gasteiger partial charge in [-0.15, -0.1) is 0 Å². The first-order valence-electron chi connectivity index (χ1n) is 12.5. The van der Waals surface area contributed by atoms with Crippen LogP contribution in [0.3, 0.4) is 0 Å². The molecule has 0 spiro atoms. The summed E-state index contributed by atoms with van der Waals surface area (Å²) in [4.78, 5) is 0. The van der Waals surface area contributed by atoms with Crippen LogP contribution in [0.1, 0.15) is 124 Å². The maximum atomic E-state index is 5.75. The molecule has 0 aliphatic carbocycles. The third kappa shape index (κ3) is 14.8. The van der Waals surface area contributed by atoms with Crippen molar-refractivity contribution in [3.8, 4) is 0 Å². The molecule has 0 aliphatic rings. The lowest BCUT2D eigenvalue weighted by atomic mass is 9.89. The number of methoxy groups -OCH3 is 2. The fourth-order valence-electron chi connectivity index (χ4n) is 4.04. The standard InChI is InChI=1S/C25H53NO2/c1-6-8-10-12-14-15-17-19-22-26-23-21-24(25(3,27-4)28-5)20-18-16-13-11-9-7-2/h24,26H,6-23H2,1-5H3. The lowest BCUT2D eigenvalue weighted by molar-refractivity contribution is -0.229. The van der Waals surface area contributed by atoms with E-state index in [-0.39, 0.29) is 0 Å². The van der Waals surface area contributed by atoms with Crippen molar-refractivity contribution in [2.75, 3.05) is 27.3 Å². The third-order valence-electron chi connectivity index (χ3n) is 6.34. The molecule has 0 fully saturated rings. The van der Waals surface area contributed by atoms with Crippen LogP contribution in [0, 0.1) is 5.92 Å². The second-order valence-electron chi connectivity index (χ2n) is 8.69. The third-order valence-corrected chi connectivity index (χ3v) is 6.34. The van der Waals surface area contributed by atoms with E-state index in [9.17, 15) is 0 Å².